The second-order valence-corrected chi connectivity index (χ2v) is 3.60. The van der Waals surface area contributed by atoms with E-state index in [-0.39, 0.29) is 11.3 Å². The van der Waals surface area contributed by atoms with Gasteiger partial charge in [0.2, 0.25) is 0 Å². The molecule has 0 unspecified atom stereocenters. The lowest BCUT2D eigenvalue weighted by Crippen LogP contribution is -2.01. The number of fused-ring (bicyclic) bond motifs is 1. The van der Waals surface area contributed by atoms with Gasteiger partial charge in [0.1, 0.15) is 29.4 Å². The zero-order chi connectivity index (χ0) is 13.8. The van der Waals surface area contributed by atoms with Gasteiger partial charge in [0.05, 0.1) is 11.2 Å². The van der Waals surface area contributed by atoms with Crippen LogP contribution in [-0.4, -0.2) is 15.0 Å². The number of rotatable bonds is 2. The summed E-state index contributed by atoms with van der Waals surface area (Å²) in [6.45, 7) is 0. The molecular formula is C12H7N7. The summed E-state index contributed by atoms with van der Waals surface area (Å²) in [6.07, 6.45) is 0. The lowest BCUT2D eigenvalue weighted by Gasteiger charge is -2.04. The van der Waals surface area contributed by atoms with Crippen molar-refractivity contribution in [2.24, 2.45) is 7.05 Å². The Bertz CT molecular complexity index is 776. The Labute approximate surface area is 108 Å². The van der Waals surface area contributed by atoms with Crippen LogP contribution in [-0.2, 0) is 7.05 Å². The molecule has 7 heteroatoms. The van der Waals surface area contributed by atoms with Gasteiger partial charge in [-0.2, -0.15) is 15.8 Å². The second-order valence-electron chi connectivity index (χ2n) is 3.60. The highest BCUT2D eigenvalue weighted by molar-refractivity contribution is 5.88. The monoisotopic (exact) mass is 249 g/mol. The van der Waals surface area contributed by atoms with Gasteiger partial charge in [-0.25, -0.2) is 4.68 Å². The molecule has 0 bridgehead atoms. The van der Waals surface area contributed by atoms with Crippen molar-refractivity contribution in [2.75, 3.05) is 5.32 Å². The van der Waals surface area contributed by atoms with Crippen LogP contribution < -0.4 is 5.32 Å². The molecule has 7 nitrogen and oxygen atoms in total. The Kier molecular flexibility index (Phi) is 3.10. The molecule has 19 heavy (non-hydrogen) atoms. The first kappa shape index (κ1) is 12.1. The van der Waals surface area contributed by atoms with Crippen LogP contribution in [0.25, 0.3) is 11.0 Å². The summed E-state index contributed by atoms with van der Waals surface area (Å²) in [5.74, 6) is 0. The van der Waals surface area contributed by atoms with Crippen molar-refractivity contribution >= 4 is 16.7 Å². The zero-order valence-corrected chi connectivity index (χ0v) is 9.92. The van der Waals surface area contributed by atoms with Gasteiger partial charge in [0, 0.05) is 7.05 Å². The van der Waals surface area contributed by atoms with Crippen LogP contribution >= 0.6 is 0 Å². The molecule has 2 aromatic rings. The van der Waals surface area contributed by atoms with Gasteiger partial charge in [-0.05, 0) is 12.1 Å². The number of aromatic nitrogens is 3. The number of aryl methyl sites for hydroxylation is 1. The van der Waals surface area contributed by atoms with Gasteiger partial charge in [-0.3, -0.25) is 0 Å². The molecule has 1 heterocycles. The number of nitrogens with zero attached hydrogens (tertiary/aromatic N) is 6. The highest BCUT2D eigenvalue weighted by Crippen LogP contribution is 2.22. The first-order chi connectivity index (χ1) is 9.21. The molecule has 0 radical (unpaired) electrons. The maximum atomic E-state index is 8.98. The van der Waals surface area contributed by atoms with Crippen molar-refractivity contribution in [1.82, 2.24) is 15.0 Å². The summed E-state index contributed by atoms with van der Waals surface area (Å²) in [4.78, 5) is 0. The van der Waals surface area contributed by atoms with E-state index in [9.17, 15) is 0 Å². The van der Waals surface area contributed by atoms with Crippen molar-refractivity contribution in [3.05, 3.63) is 29.5 Å². The normalized spacial score (nSPS) is 9.16. The van der Waals surface area contributed by atoms with Crippen molar-refractivity contribution in [1.29, 1.82) is 15.8 Å². The number of hydrogen-bond donors (Lipinski definition) is 1. The fourth-order valence-corrected chi connectivity index (χ4v) is 1.58. The summed E-state index contributed by atoms with van der Waals surface area (Å²) in [7, 11) is 1.75. The molecule has 0 aliphatic heterocycles. The van der Waals surface area contributed by atoms with E-state index in [4.69, 9.17) is 15.8 Å². The van der Waals surface area contributed by atoms with E-state index >= 15 is 0 Å². The molecule has 0 saturated carbocycles. The average Bonchev–Trinajstić information content (AvgIpc) is 2.82. The zero-order valence-electron chi connectivity index (χ0n) is 9.92. The molecule has 1 N–H and O–H groups in total. The number of allylic oxidation sites excluding steroid dienone is 2. The van der Waals surface area contributed by atoms with Crippen LogP contribution in [0.4, 0.5) is 5.69 Å². The van der Waals surface area contributed by atoms with Crippen molar-refractivity contribution in [2.45, 2.75) is 0 Å². The Hall–Kier alpha value is -3.37. The average molecular weight is 249 g/mol. The third-order valence-electron chi connectivity index (χ3n) is 2.49. The molecule has 0 aliphatic carbocycles. The van der Waals surface area contributed by atoms with E-state index in [1.807, 2.05) is 6.07 Å². The van der Waals surface area contributed by atoms with Crippen molar-refractivity contribution in [3.63, 3.8) is 0 Å². The molecule has 0 amide bonds. The molecule has 0 aliphatic rings. The smallest absolute Gasteiger partial charge is 0.163 e. The predicted octanol–water partition coefficient (Wildman–Crippen LogP) is 1.21. The molecule has 0 spiro atoms. The molecule has 0 saturated heterocycles. The van der Waals surface area contributed by atoms with Crippen LogP contribution in [0.5, 0.6) is 0 Å². The second kappa shape index (κ2) is 4.87. The maximum Gasteiger partial charge on any atom is 0.163 e. The summed E-state index contributed by atoms with van der Waals surface area (Å²) in [5.41, 5.74) is 1.47. The van der Waals surface area contributed by atoms with Gasteiger partial charge in [-0.15, -0.1) is 5.10 Å². The van der Waals surface area contributed by atoms with Gasteiger partial charge in [0.15, 0.2) is 5.57 Å². The Morgan fingerprint density at radius 1 is 1.21 bits per heavy atom. The molecule has 0 atom stereocenters. The number of nitriles is 3. The van der Waals surface area contributed by atoms with Gasteiger partial charge >= 0.3 is 0 Å². The lowest BCUT2D eigenvalue weighted by atomic mass is 10.2. The summed E-state index contributed by atoms with van der Waals surface area (Å²) < 4.78 is 1.59. The third kappa shape index (κ3) is 2.06. The van der Waals surface area contributed by atoms with E-state index in [1.165, 1.54) is 0 Å². The van der Waals surface area contributed by atoms with E-state index in [0.29, 0.717) is 11.2 Å². The molecule has 90 valence electrons. The minimum Gasteiger partial charge on any atom is -0.343 e. The van der Waals surface area contributed by atoms with Crippen LogP contribution in [0.1, 0.15) is 0 Å². The largest absolute Gasteiger partial charge is 0.343 e. The van der Waals surface area contributed by atoms with Crippen molar-refractivity contribution in [3.8, 4) is 18.2 Å². The predicted molar refractivity (Wildman–Crippen MR) is 66.0 cm³/mol. The summed E-state index contributed by atoms with van der Waals surface area (Å²) in [6, 6.07) is 10.4. The van der Waals surface area contributed by atoms with Crippen LogP contribution in [0.2, 0.25) is 0 Å². The van der Waals surface area contributed by atoms with Gasteiger partial charge < -0.3 is 5.32 Å². The van der Waals surface area contributed by atoms with Gasteiger partial charge in [-0.1, -0.05) is 11.3 Å². The minimum absolute atomic E-state index is 0.108. The lowest BCUT2D eigenvalue weighted by molar-refractivity contribution is 0.736. The Balaban J connectivity index is 2.54. The third-order valence-corrected chi connectivity index (χ3v) is 2.49. The highest BCUT2D eigenvalue weighted by Gasteiger charge is 2.10. The maximum absolute atomic E-state index is 8.98. The summed E-state index contributed by atoms with van der Waals surface area (Å²) >= 11 is 0. The topological polar surface area (TPSA) is 114 Å². The molecule has 2 rings (SSSR count). The molecule has 1 aromatic carbocycles. The summed E-state index contributed by atoms with van der Waals surface area (Å²) in [5, 5.41) is 37.1. The van der Waals surface area contributed by atoms with E-state index in [0.717, 1.165) is 5.52 Å². The first-order valence-corrected chi connectivity index (χ1v) is 5.21. The fraction of sp³-hybridized carbons (Fsp3) is 0.0833. The van der Waals surface area contributed by atoms with Crippen LogP contribution in [0.3, 0.4) is 0 Å². The molecule has 1 aromatic heterocycles. The number of nitrogens with one attached hydrogen (secondary N) is 1. The van der Waals surface area contributed by atoms with Crippen molar-refractivity contribution < 1.29 is 0 Å². The van der Waals surface area contributed by atoms with E-state index in [1.54, 1.807) is 42.1 Å². The molecule has 0 fully saturated rings. The van der Waals surface area contributed by atoms with Crippen LogP contribution in [0.15, 0.2) is 29.5 Å². The Morgan fingerprint density at radius 2 is 1.95 bits per heavy atom. The quantitative estimate of drug-likeness (QED) is 0.800. The first-order valence-electron chi connectivity index (χ1n) is 5.21. The van der Waals surface area contributed by atoms with E-state index in [2.05, 4.69) is 15.6 Å². The van der Waals surface area contributed by atoms with Gasteiger partial charge in [0.25, 0.3) is 0 Å². The fourth-order valence-electron chi connectivity index (χ4n) is 1.58. The number of anilines is 1. The Morgan fingerprint density at radius 3 is 2.58 bits per heavy atom. The van der Waals surface area contributed by atoms with Crippen LogP contribution in [0, 0.1) is 34.0 Å². The highest BCUT2D eigenvalue weighted by atomic mass is 15.4. The van der Waals surface area contributed by atoms with E-state index < -0.39 is 0 Å². The number of benzene rings is 1. The SMILES string of the molecule is Cn1nnc2c(NC(C#N)=C(C#N)C#N)cccc21. The minimum atomic E-state index is -0.275. The standard InChI is InChI=1S/C12H7N7/c1-19-11-4-2-3-9(12(11)17-18-19)16-10(7-15)8(5-13)6-14/h2-4,16H,1H3. The molecular weight excluding hydrogens is 242 g/mol. The number of hydrogen-bond acceptors (Lipinski definition) is 6.